The van der Waals surface area contributed by atoms with Crippen molar-refractivity contribution >= 4 is 46.2 Å². The minimum atomic E-state index is -1.74. The van der Waals surface area contributed by atoms with Gasteiger partial charge in [-0.2, -0.15) is 0 Å². The van der Waals surface area contributed by atoms with Crippen molar-refractivity contribution < 1.29 is 27.3 Å². The zero-order valence-electron chi connectivity index (χ0n) is 33.8. The Labute approximate surface area is 321 Å². The fraction of sp³-hybridized carbons (Fsp3) is 0.333. The van der Waals surface area contributed by atoms with Crippen LogP contribution in [0.1, 0.15) is 75.3 Å². The van der Waals surface area contributed by atoms with Gasteiger partial charge in [-0.1, -0.05) is 114 Å². The average molecular weight is 872 g/mol. The third-order valence-electron chi connectivity index (χ3n) is 8.84. The molecule has 0 fully saturated rings. The first-order chi connectivity index (χ1) is 24.3. The molecule has 4 aromatic carbocycles. The average Bonchev–Trinajstić information content (AvgIpc) is 3.66. The molecule has 4 nitrogen and oxygen atoms in total. The van der Waals surface area contributed by atoms with Crippen LogP contribution in [0.4, 0.5) is 0 Å². The third-order valence-corrected chi connectivity index (χ3v) is 10.9. The molecule has 3 aromatic heterocycles. The van der Waals surface area contributed by atoms with Crippen LogP contribution in [-0.4, -0.2) is 22.6 Å². The topological polar surface area (TPSA) is 43.9 Å². The third kappa shape index (κ3) is 8.30. The zero-order chi connectivity index (χ0) is 37.8. The molecule has 7 aromatic rings. The number of para-hydroxylation sites is 3. The molecule has 0 aliphatic rings. The molecule has 267 valence electrons. The van der Waals surface area contributed by atoms with Crippen molar-refractivity contribution in [2.75, 3.05) is 0 Å². The van der Waals surface area contributed by atoms with Crippen molar-refractivity contribution in [2.45, 2.75) is 92.9 Å². The largest absolute Gasteiger partial charge is 0.501 e. The minimum Gasteiger partial charge on any atom is -0.501 e. The van der Waals surface area contributed by atoms with Crippen LogP contribution >= 0.6 is 0 Å². The summed E-state index contributed by atoms with van der Waals surface area (Å²) in [6, 6.07) is 35.5. The second kappa shape index (κ2) is 14.7. The number of nitrogens with zero attached hydrogens (tertiary/aromatic N) is 3. The summed E-state index contributed by atoms with van der Waals surface area (Å²) in [5, 5.41) is 3.32. The Morgan fingerprint density at radius 3 is 2.24 bits per heavy atom. The van der Waals surface area contributed by atoms with E-state index in [4.69, 9.17) is 17.1 Å². The Bertz CT molecular complexity index is 2390. The van der Waals surface area contributed by atoms with E-state index in [0.29, 0.717) is 0 Å². The molecule has 0 bridgehead atoms. The summed E-state index contributed by atoms with van der Waals surface area (Å²) in [4.78, 5) is 9.63. The van der Waals surface area contributed by atoms with Gasteiger partial charge in [-0.05, 0) is 60.1 Å². The number of rotatable bonds is 5. The summed E-state index contributed by atoms with van der Waals surface area (Å²) in [6.45, 7) is 23.6. The predicted molar refractivity (Wildman–Crippen MR) is 215 cm³/mol. The van der Waals surface area contributed by atoms with Crippen LogP contribution in [-0.2, 0) is 31.9 Å². The van der Waals surface area contributed by atoms with E-state index in [-0.39, 0.29) is 31.6 Å². The number of fused-ring (bicyclic) bond motifs is 4. The maximum Gasteiger partial charge on any atom is 0.120 e. The standard InChI is InChI=1S/C23H34NSi.C22H17N2O.Ir/c1-22(2,3)15-18-14-20(24-16-21(18)25(7,8)9)17-11-10-12-19(13-17)23(4,5)6;1-14(2)24-19-12-5-4-11-18(19)23-22(24)17-10-7-9-16-15-8-3-6-13-20(15)25-21(16)17;/h10,12-14,16H,15H2,1-9H3;3-9,11-14H,1-2H3;/q2*-1;/i15D2;;. The van der Waals surface area contributed by atoms with Crippen molar-refractivity contribution in [2.24, 2.45) is 5.41 Å². The first-order valence-corrected chi connectivity index (χ1v) is 21.1. The van der Waals surface area contributed by atoms with Crippen LogP contribution < -0.4 is 5.19 Å². The van der Waals surface area contributed by atoms with Gasteiger partial charge < -0.3 is 14.0 Å². The minimum absolute atomic E-state index is 0. The fourth-order valence-corrected chi connectivity index (χ4v) is 7.78. The SMILES string of the molecule is CC(C)n1c(-c2[c-]ccc3c2oc2ccccc23)nc2ccccc21.[2H]C([2H])(c1cc(-c2[c-]ccc(C(C)(C)C)c2)ncc1[Si](C)(C)C)C(C)(C)C.[Ir]. The van der Waals surface area contributed by atoms with Gasteiger partial charge in [0.25, 0.3) is 0 Å². The summed E-state index contributed by atoms with van der Waals surface area (Å²) >= 11 is 0. The Morgan fingerprint density at radius 1 is 0.863 bits per heavy atom. The second-order valence-electron chi connectivity index (χ2n) is 16.6. The Kier molecular flexibility index (Phi) is 10.2. The maximum absolute atomic E-state index is 8.89. The maximum atomic E-state index is 8.89. The van der Waals surface area contributed by atoms with E-state index < -0.39 is 19.9 Å². The van der Waals surface area contributed by atoms with Crippen LogP contribution in [0, 0.1) is 17.5 Å². The van der Waals surface area contributed by atoms with Gasteiger partial charge in [-0.15, -0.1) is 53.6 Å². The molecule has 0 unspecified atom stereocenters. The molecule has 0 atom stereocenters. The number of imidazole rings is 1. The van der Waals surface area contributed by atoms with Crippen LogP contribution in [0.25, 0.3) is 55.6 Å². The van der Waals surface area contributed by atoms with Crippen molar-refractivity contribution in [1.82, 2.24) is 14.5 Å². The van der Waals surface area contributed by atoms with Gasteiger partial charge >= 0.3 is 0 Å². The van der Waals surface area contributed by atoms with Crippen LogP contribution in [0.5, 0.6) is 0 Å². The smallest absolute Gasteiger partial charge is 0.120 e. The van der Waals surface area contributed by atoms with Crippen LogP contribution in [0.15, 0.2) is 95.5 Å². The van der Waals surface area contributed by atoms with E-state index >= 15 is 0 Å². The number of furan rings is 1. The van der Waals surface area contributed by atoms with Crippen LogP contribution in [0.2, 0.25) is 19.6 Å². The van der Waals surface area contributed by atoms with Crippen molar-refractivity contribution in [3.8, 4) is 22.6 Å². The molecule has 0 saturated carbocycles. The van der Waals surface area contributed by atoms with E-state index in [1.54, 1.807) is 0 Å². The van der Waals surface area contributed by atoms with Crippen LogP contribution in [0.3, 0.4) is 0 Å². The van der Waals surface area contributed by atoms with Gasteiger partial charge in [0.2, 0.25) is 0 Å². The van der Waals surface area contributed by atoms with E-state index in [1.807, 2.05) is 69.4 Å². The predicted octanol–water partition coefficient (Wildman–Crippen LogP) is 12.0. The summed E-state index contributed by atoms with van der Waals surface area (Å²) in [6.07, 6.45) is 0.472. The molecule has 6 heteroatoms. The molecule has 0 aliphatic heterocycles. The fourth-order valence-electron chi connectivity index (χ4n) is 6.39. The van der Waals surface area contributed by atoms with Crippen molar-refractivity contribution in [1.29, 1.82) is 0 Å². The molecule has 0 amide bonds. The number of benzene rings is 4. The normalized spacial score (nSPS) is 13.2. The number of pyridine rings is 1. The molecule has 1 radical (unpaired) electrons. The van der Waals surface area contributed by atoms with Gasteiger partial charge in [-0.3, -0.25) is 4.98 Å². The van der Waals surface area contributed by atoms with E-state index in [0.717, 1.165) is 66.4 Å². The molecule has 0 spiro atoms. The van der Waals surface area contributed by atoms with E-state index in [1.165, 1.54) is 5.56 Å². The molecule has 0 aliphatic carbocycles. The molecule has 3 heterocycles. The first kappa shape index (κ1) is 35.6. The summed E-state index contributed by atoms with van der Waals surface area (Å²) in [5.41, 5.74) is 8.07. The molecule has 0 saturated heterocycles. The summed E-state index contributed by atoms with van der Waals surface area (Å²) < 4.78 is 26.2. The van der Waals surface area contributed by atoms with Crippen molar-refractivity contribution in [3.63, 3.8) is 0 Å². The van der Waals surface area contributed by atoms with Gasteiger partial charge in [0.15, 0.2) is 0 Å². The van der Waals surface area contributed by atoms with E-state index in [9.17, 15) is 0 Å². The van der Waals surface area contributed by atoms with Gasteiger partial charge in [-0.25, -0.2) is 0 Å². The Morgan fingerprint density at radius 2 is 1.55 bits per heavy atom. The number of aromatic nitrogens is 3. The quantitative estimate of drug-likeness (QED) is 0.128. The Hall–Kier alpha value is -3.83. The first-order valence-electron chi connectivity index (χ1n) is 18.6. The summed E-state index contributed by atoms with van der Waals surface area (Å²) in [5.74, 6) is 0.904. The van der Waals surface area contributed by atoms with Crippen molar-refractivity contribution in [3.05, 3.63) is 114 Å². The van der Waals surface area contributed by atoms with Gasteiger partial charge in [0.05, 0.1) is 30.5 Å². The Balaban J connectivity index is 0.000000201. The zero-order valence-corrected chi connectivity index (χ0v) is 35.2. The number of hydrogen-bond donors (Lipinski definition) is 0. The molecule has 0 N–H and O–H groups in total. The van der Waals surface area contributed by atoms with Gasteiger partial charge in [0.1, 0.15) is 5.58 Å². The molecule has 51 heavy (non-hydrogen) atoms. The summed E-state index contributed by atoms with van der Waals surface area (Å²) in [7, 11) is -1.74. The number of hydrogen-bond acceptors (Lipinski definition) is 3. The monoisotopic (exact) mass is 872 g/mol. The molecular formula is C45H51IrN3OSi-2. The molecular weight excluding hydrogens is 819 g/mol. The molecule has 7 rings (SSSR count). The second-order valence-corrected chi connectivity index (χ2v) is 21.6. The van der Waals surface area contributed by atoms with E-state index in [2.05, 4.69) is 113 Å². The van der Waals surface area contributed by atoms with Gasteiger partial charge in [0, 0.05) is 40.5 Å².